The summed E-state index contributed by atoms with van der Waals surface area (Å²) in [6.45, 7) is 4.88. The van der Waals surface area contributed by atoms with Gasteiger partial charge in [-0.05, 0) is 74.0 Å². The number of urea groups is 1. The van der Waals surface area contributed by atoms with Crippen molar-refractivity contribution >= 4 is 45.5 Å². The molecule has 37 heavy (non-hydrogen) atoms. The number of amides is 4. The number of nitrogens with zero attached hydrogens (tertiary/aromatic N) is 1. The predicted octanol–water partition coefficient (Wildman–Crippen LogP) is 5.28. The quantitative estimate of drug-likeness (QED) is 0.216. The molecule has 0 aliphatic carbocycles. The number of aryl methyl sites for hydroxylation is 1. The first-order chi connectivity index (χ1) is 17.9. The van der Waals surface area contributed by atoms with E-state index in [4.69, 9.17) is 14.2 Å². The molecular weight excluding hydrogens is 540 g/mol. The number of ether oxygens (including phenoxy) is 3. The average molecular weight is 565 g/mol. The van der Waals surface area contributed by atoms with Crippen molar-refractivity contribution in [1.29, 1.82) is 0 Å². The number of benzene rings is 3. The average Bonchev–Trinajstić information content (AvgIpc) is 2.87. The van der Waals surface area contributed by atoms with E-state index in [0.717, 1.165) is 20.7 Å². The fourth-order valence-electron chi connectivity index (χ4n) is 3.60. The van der Waals surface area contributed by atoms with Gasteiger partial charge in [0.15, 0.2) is 11.5 Å². The SMILES string of the molecule is CCOc1cc(/C=C2/C(=O)NC(=O)N(c3ccc(Br)cc3)C2=O)ccc1OCCOc1ccc(C)cc1. The van der Waals surface area contributed by atoms with Crippen LogP contribution in [0.1, 0.15) is 18.1 Å². The number of hydrogen-bond donors (Lipinski definition) is 1. The molecule has 1 fully saturated rings. The van der Waals surface area contributed by atoms with Crippen LogP contribution in [0.5, 0.6) is 17.2 Å². The van der Waals surface area contributed by atoms with E-state index >= 15 is 0 Å². The van der Waals surface area contributed by atoms with Gasteiger partial charge in [0.25, 0.3) is 11.8 Å². The molecule has 0 unspecified atom stereocenters. The van der Waals surface area contributed by atoms with Crippen molar-refractivity contribution in [3.8, 4) is 17.2 Å². The van der Waals surface area contributed by atoms with Gasteiger partial charge in [0.2, 0.25) is 0 Å². The Balaban J connectivity index is 1.50. The molecule has 8 nitrogen and oxygen atoms in total. The van der Waals surface area contributed by atoms with Crippen molar-refractivity contribution in [2.24, 2.45) is 0 Å². The van der Waals surface area contributed by atoms with Crippen LogP contribution in [-0.4, -0.2) is 37.7 Å². The minimum Gasteiger partial charge on any atom is -0.490 e. The number of imide groups is 2. The molecule has 3 aromatic rings. The smallest absolute Gasteiger partial charge is 0.335 e. The Morgan fingerprint density at radius 1 is 0.865 bits per heavy atom. The van der Waals surface area contributed by atoms with E-state index < -0.39 is 17.8 Å². The number of halogens is 1. The lowest BCUT2D eigenvalue weighted by molar-refractivity contribution is -0.122. The summed E-state index contributed by atoms with van der Waals surface area (Å²) in [5.41, 5.74) is 1.86. The lowest BCUT2D eigenvalue weighted by atomic mass is 10.1. The first kappa shape index (κ1) is 26.0. The van der Waals surface area contributed by atoms with Crippen LogP contribution < -0.4 is 24.4 Å². The molecule has 0 bridgehead atoms. The number of carbonyl (C=O) groups is 3. The van der Waals surface area contributed by atoms with Gasteiger partial charge in [0.1, 0.15) is 24.5 Å². The first-order valence-electron chi connectivity index (χ1n) is 11.6. The zero-order chi connectivity index (χ0) is 26.4. The zero-order valence-corrected chi connectivity index (χ0v) is 21.9. The Bertz CT molecular complexity index is 1340. The number of anilines is 1. The molecule has 3 aromatic carbocycles. The Morgan fingerprint density at radius 3 is 2.27 bits per heavy atom. The molecule has 4 rings (SSSR count). The third-order valence-electron chi connectivity index (χ3n) is 5.40. The summed E-state index contributed by atoms with van der Waals surface area (Å²) in [7, 11) is 0. The van der Waals surface area contributed by atoms with Gasteiger partial charge in [0.05, 0.1) is 12.3 Å². The highest BCUT2D eigenvalue weighted by Gasteiger charge is 2.36. The summed E-state index contributed by atoms with van der Waals surface area (Å²) in [4.78, 5) is 39.0. The summed E-state index contributed by atoms with van der Waals surface area (Å²) in [5.74, 6) is 0.226. The first-order valence-corrected chi connectivity index (χ1v) is 12.4. The molecule has 4 amide bonds. The minimum absolute atomic E-state index is 0.176. The Kier molecular flexibility index (Phi) is 8.25. The highest BCUT2D eigenvalue weighted by Crippen LogP contribution is 2.30. The fourth-order valence-corrected chi connectivity index (χ4v) is 3.86. The monoisotopic (exact) mass is 564 g/mol. The lowest BCUT2D eigenvalue weighted by Gasteiger charge is -2.26. The molecule has 1 heterocycles. The Hall–Kier alpha value is -4.11. The number of rotatable bonds is 9. The van der Waals surface area contributed by atoms with E-state index in [1.165, 1.54) is 6.08 Å². The molecule has 0 spiro atoms. The van der Waals surface area contributed by atoms with Crippen molar-refractivity contribution in [2.75, 3.05) is 24.7 Å². The van der Waals surface area contributed by atoms with Gasteiger partial charge in [-0.3, -0.25) is 14.9 Å². The van der Waals surface area contributed by atoms with Crippen LogP contribution in [0.2, 0.25) is 0 Å². The van der Waals surface area contributed by atoms with Crippen LogP contribution in [0, 0.1) is 6.92 Å². The van der Waals surface area contributed by atoms with Gasteiger partial charge in [-0.25, -0.2) is 9.69 Å². The van der Waals surface area contributed by atoms with Crippen LogP contribution >= 0.6 is 15.9 Å². The van der Waals surface area contributed by atoms with Crippen molar-refractivity contribution in [3.05, 3.63) is 87.9 Å². The molecule has 0 aromatic heterocycles. The molecule has 190 valence electrons. The third-order valence-corrected chi connectivity index (χ3v) is 5.92. The van der Waals surface area contributed by atoms with Crippen molar-refractivity contribution in [3.63, 3.8) is 0 Å². The Labute approximate surface area is 223 Å². The van der Waals surface area contributed by atoms with Gasteiger partial charge in [0, 0.05) is 4.47 Å². The van der Waals surface area contributed by atoms with Crippen molar-refractivity contribution in [2.45, 2.75) is 13.8 Å². The number of barbiturate groups is 1. The summed E-state index contributed by atoms with van der Waals surface area (Å²) in [6, 6.07) is 18.6. The fraction of sp³-hybridized carbons (Fsp3) is 0.179. The van der Waals surface area contributed by atoms with E-state index in [2.05, 4.69) is 21.2 Å². The third kappa shape index (κ3) is 6.37. The second-order valence-corrected chi connectivity index (χ2v) is 9.00. The highest BCUT2D eigenvalue weighted by molar-refractivity contribution is 9.10. The van der Waals surface area contributed by atoms with Gasteiger partial charge < -0.3 is 14.2 Å². The van der Waals surface area contributed by atoms with Gasteiger partial charge in [-0.15, -0.1) is 0 Å². The van der Waals surface area contributed by atoms with E-state index in [1.54, 1.807) is 42.5 Å². The standard InChI is InChI=1S/C28H25BrN2O6/c1-3-35-25-17-19(6-13-24(25)37-15-14-36-22-11-4-18(2)5-12-22)16-23-26(32)30-28(34)31(27(23)33)21-9-7-20(29)8-10-21/h4-13,16-17H,3,14-15H2,1-2H3,(H,30,32,34)/b23-16-. The molecule has 0 saturated carbocycles. The largest absolute Gasteiger partial charge is 0.490 e. The molecular formula is C28H25BrN2O6. The van der Waals surface area contributed by atoms with Gasteiger partial charge in [-0.1, -0.05) is 39.7 Å². The van der Waals surface area contributed by atoms with Crippen LogP contribution in [0.3, 0.4) is 0 Å². The molecule has 1 aliphatic heterocycles. The number of hydrogen-bond acceptors (Lipinski definition) is 6. The van der Waals surface area contributed by atoms with Gasteiger partial charge >= 0.3 is 6.03 Å². The van der Waals surface area contributed by atoms with E-state index in [0.29, 0.717) is 42.6 Å². The molecule has 9 heteroatoms. The molecule has 0 radical (unpaired) electrons. The van der Waals surface area contributed by atoms with Crippen molar-refractivity contribution in [1.82, 2.24) is 5.32 Å². The summed E-state index contributed by atoms with van der Waals surface area (Å²) in [5, 5.41) is 2.22. The summed E-state index contributed by atoms with van der Waals surface area (Å²) < 4.78 is 18.1. The number of nitrogens with one attached hydrogen (secondary N) is 1. The maximum Gasteiger partial charge on any atom is 0.335 e. The summed E-state index contributed by atoms with van der Waals surface area (Å²) in [6.07, 6.45) is 1.42. The van der Waals surface area contributed by atoms with Crippen LogP contribution in [0.15, 0.2) is 76.8 Å². The van der Waals surface area contributed by atoms with Crippen molar-refractivity contribution < 1.29 is 28.6 Å². The predicted molar refractivity (Wildman–Crippen MR) is 143 cm³/mol. The minimum atomic E-state index is -0.805. The number of carbonyl (C=O) groups excluding carboxylic acids is 3. The summed E-state index contributed by atoms with van der Waals surface area (Å²) >= 11 is 3.32. The molecule has 1 saturated heterocycles. The maximum absolute atomic E-state index is 13.1. The van der Waals surface area contributed by atoms with Crippen LogP contribution in [-0.2, 0) is 9.59 Å². The topological polar surface area (TPSA) is 94.2 Å². The highest BCUT2D eigenvalue weighted by atomic mass is 79.9. The molecule has 1 N–H and O–H groups in total. The van der Waals surface area contributed by atoms with E-state index in [-0.39, 0.29) is 5.57 Å². The lowest BCUT2D eigenvalue weighted by Crippen LogP contribution is -2.54. The van der Waals surface area contributed by atoms with Crippen LogP contribution in [0.4, 0.5) is 10.5 Å². The second kappa shape index (κ2) is 11.7. The molecule has 1 aliphatic rings. The normalized spacial score (nSPS) is 14.5. The van der Waals surface area contributed by atoms with E-state index in [1.807, 2.05) is 38.1 Å². The maximum atomic E-state index is 13.1. The molecule has 0 atom stereocenters. The second-order valence-electron chi connectivity index (χ2n) is 8.08. The zero-order valence-electron chi connectivity index (χ0n) is 20.3. The van der Waals surface area contributed by atoms with E-state index in [9.17, 15) is 14.4 Å². The Morgan fingerprint density at radius 2 is 1.57 bits per heavy atom. The van der Waals surface area contributed by atoms with Gasteiger partial charge in [-0.2, -0.15) is 0 Å². The van der Waals surface area contributed by atoms with Crippen LogP contribution in [0.25, 0.3) is 6.08 Å².